The van der Waals surface area contributed by atoms with Crippen molar-refractivity contribution in [1.82, 2.24) is 0 Å². The van der Waals surface area contributed by atoms with Crippen molar-refractivity contribution in [3.05, 3.63) is 107 Å². The number of hydrogen-bond acceptors (Lipinski definition) is 2. The van der Waals surface area contributed by atoms with Crippen molar-refractivity contribution in [2.24, 2.45) is 5.92 Å². The fourth-order valence-corrected chi connectivity index (χ4v) is 5.67. The van der Waals surface area contributed by atoms with Gasteiger partial charge in [0.2, 0.25) is 0 Å². The summed E-state index contributed by atoms with van der Waals surface area (Å²) in [5.41, 5.74) is 6.14. The minimum Gasteiger partial charge on any atom is -0.478 e. The van der Waals surface area contributed by atoms with Gasteiger partial charge in [0.25, 0.3) is 0 Å². The third-order valence-electron chi connectivity index (χ3n) is 7.60. The molecule has 178 valence electrons. The molecule has 3 heteroatoms. The molecule has 0 aliphatic carbocycles. The first-order valence-corrected chi connectivity index (χ1v) is 12.7. The molecule has 1 aliphatic heterocycles. The van der Waals surface area contributed by atoms with E-state index in [9.17, 15) is 9.90 Å². The molecule has 4 aromatic rings. The Morgan fingerprint density at radius 3 is 2.63 bits per heavy atom. The van der Waals surface area contributed by atoms with Gasteiger partial charge in [-0.15, -0.1) is 0 Å². The van der Waals surface area contributed by atoms with Gasteiger partial charge in [-0.3, -0.25) is 0 Å². The van der Waals surface area contributed by atoms with Crippen LogP contribution in [0.4, 0.5) is 11.4 Å². The molecule has 5 rings (SSSR count). The molecule has 0 bridgehead atoms. The minimum absolute atomic E-state index is 0.381. The van der Waals surface area contributed by atoms with Crippen LogP contribution in [0.1, 0.15) is 59.2 Å². The Kier molecular flexibility index (Phi) is 6.59. The van der Waals surface area contributed by atoms with E-state index in [0.717, 1.165) is 30.6 Å². The molecule has 35 heavy (non-hydrogen) atoms. The smallest absolute Gasteiger partial charge is 0.336 e. The van der Waals surface area contributed by atoms with E-state index in [4.69, 9.17) is 0 Å². The van der Waals surface area contributed by atoms with Crippen LogP contribution in [0.15, 0.2) is 84.9 Å². The Morgan fingerprint density at radius 2 is 1.77 bits per heavy atom. The maximum atomic E-state index is 11.8. The van der Waals surface area contributed by atoms with Crippen LogP contribution < -0.4 is 4.90 Å². The van der Waals surface area contributed by atoms with Gasteiger partial charge in [-0.1, -0.05) is 80.1 Å². The van der Waals surface area contributed by atoms with E-state index in [1.165, 1.54) is 40.4 Å². The van der Waals surface area contributed by atoms with Crippen LogP contribution >= 0.6 is 0 Å². The summed E-state index contributed by atoms with van der Waals surface area (Å²) in [5.74, 6) is 0.191. The van der Waals surface area contributed by atoms with Crippen LogP contribution in [-0.2, 0) is 6.42 Å². The molecule has 0 saturated carbocycles. The van der Waals surface area contributed by atoms with Crippen molar-refractivity contribution < 1.29 is 9.90 Å². The summed E-state index contributed by atoms with van der Waals surface area (Å²) >= 11 is 0. The van der Waals surface area contributed by atoms with E-state index in [0.29, 0.717) is 17.4 Å². The number of carboxylic acids is 1. The number of aromatic carboxylic acids is 1. The highest BCUT2D eigenvalue weighted by Gasteiger charge is 2.26. The molecule has 0 fully saturated rings. The zero-order valence-electron chi connectivity index (χ0n) is 20.6. The number of carboxylic acid groups (broad SMARTS) is 1. The van der Waals surface area contributed by atoms with Gasteiger partial charge in [0.1, 0.15) is 0 Å². The average Bonchev–Trinajstić information content (AvgIpc) is 2.88. The van der Waals surface area contributed by atoms with Gasteiger partial charge in [-0.05, 0) is 83.7 Å². The first-order valence-electron chi connectivity index (χ1n) is 12.7. The van der Waals surface area contributed by atoms with E-state index >= 15 is 0 Å². The molecular formula is C32H33NO2. The Labute approximate surface area is 208 Å². The minimum atomic E-state index is -0.867. The van der Waals surface area contributed by atoms with Crippen LogP contribution in [0.2, 0.25) is 0 Å². The first kappa shape index (κ1) is 23.2. The number of carbonyl (C=O) groups is 1. The van der Waals surface area contributed by atoms with Gasteiger partial charge in [0, 0.05) is 17.9 Å². The predicted molar refractivity (Wildman–Crippen MR) is 145 cm³/mol. The maximum Gasteiger partial charge on any atom is 0.336 e. The molecule has 1 aliphatic rings. The maximum absolute atomic E-state index is 11.8. The van der Waals surface area contributed by atoms with Crippen LogP contribution in [-0.4, -0.2) is 17.6 Å². The number of hydrogen-bond donors (Lipinski definition) is 1. The predicted octanol–water partition coefficient (Wildman–Crippen LogP) is 8.13. The van der Waals surface area contributed by atoms with Crippen molar-refractivity contribution in [2.75, 3.05) is 11.4 Å². The molecule has 0 amide bonds. The van der Waals surface area contributed by atoms with Crippen molar-refractivity contribution in [3.8, 4) is 0 Å². The van der Waals surface area contributed by atoms with Gasteiger partial charge in [0.15, 0.2) is 0 Å². The third-order valence-corrected chi connectivity index (χ3v) is 7.60. The van der Waals surface area contributed by atoms with Crippen molar-refractivity contribution in [3.63, 3.8) is 0 Å². The van der Waals surface area contributed by atoms with Crippen molar-refractivity contribution in [2.45, 2.75) is 45.4 Å². The van der Waals surface area contributed by atoms with E-state index < -0.39 is 5.97 Å². The first-order chi connectivity index (χ1) is 17.0. The molecule has 2 atom stereocenters. The number of anilines is 2. The number of benzene rings is 4. The zero-order valence-corrected chi connectivity index (χ0v) is 20.6. The standard InChI is InChI=1S/C32H33NO2/c1-22(28-15-8-13-25-11-3-5-14-29(25)28)9-7-10-24-19-26-12-4-6-16-31(26)33(21-24)27-18-17-23(2)30(20-27)32(34)35/h3-6,8,11-18,20,22,24H,7,9-10,19,21H2,1-2H3,(H,34,35)/t22-,24?/m0/s1. The monoisotopic (exact) mass is 463 g/mol. The zero-order chi connectivity index (χ0) is 24.4. The Balaban J connectivity index is 1.31. The highest BCUT2D eigenvalue weighted by atomic mass is 16.4. The summed E-state index contributed by atoms with van der Waals surface area (Å²) < 4.78 is 0. The largest absolute Gasteiger partial charge is 0.478 e. The number of nitrogens with zero attached hydrogens (tertiary/aromatic N) is 1. The Morgan fingerprint density at radius 1 is 1.00 bits per heavy atom. The fourth-order valence-electron chi connectivity index (χ4n) is 5.67. The lowest BCUT2D eigenvalue weighted by molar-refractivity contribution is 0.0696. The molecule has 0 saturated heterocycles. The second-order valence-electron chi connectivity index (χ2n) is 10.0. The lowest BCUT2D eigenvalue weighted by Crippen LogP contribution is -2.32. The van der Waals surface area contributed by atoms with E-state index in [-0.39, 0.29) is 0 Å². The number of para-hydroxylation sites is 1. The van der Waals surface area contributed by atoms with Crippen molar-refractivity contribution in [1.29, 1.82) is 0 Å². The number of rotatable bonds is 7. The SMILES string of the molecule is Cc1ccc(N2CC(CCC[C@H](C)c3cccc4ccccc34)Cc3ccccc32)cc1C(=O)O. The lowest BCUT2D eigenvalue weighted by Gasteiger charge is -2.36. The second-order valence-corrected chi connectivity index (χ2v) is 10.0. The molecule has 4 aromatic carbocycles. The Hall–Kier alpha value is -3.59. The molecule has 1 N–H and O–H groups in total. The quantitative estimate of drug-likeness (QED) is 0.301. The number of aryl methyl sites for hydroxylation is 1. The van der Waals surface area contributed by atoms with Gasteiger partial charge in [-0.25, -0.2) is 4.79 Å². The summed E-state index contributed by atoms with van der Waals surface area (Å²) in [6.07, 6.45) is 4.59. The molecule has 1 heterocycles. The normalized spacial score (nSPS) is 16.2. The molecule has 0 spiro atoms. The summed E-state index contributed by atoms with van der Waals surface area (Å²) in [7, 11) is 0. The van der Waals surface area contributed by atoms with Crippen LogP contribution in [0.25, 0.3) is 10.8 Å². The lowest BCUT2D eigenvalue weighted by atomic mass is 9.85. The van der Waals surface area contributed by atoms with E-state index in [2.05, 4.69) is 84.6 Å². The summed E-state index contributed by atoms with van der Waals surface area (Å²) in [6, 6.07) is 29.7. The second kappa shape index (κ2) is 9.95. The highest BCUT2D eigenvalue weighted by molar-refractivity contribution is 5.91. The summed E-state index contributed by atoms with van der Waals surface area (Å²) in [6.45, 7) is 5.13. The third kappa shape index (κ3) is 4.81. The van der Waals surface area contributed by atoms with Gasteiger partial charge in [-0.2, -0.15) is 0 Å². The number of fused-ring (bicyclic) bond motifs is 2. The average molecular weight is 464 g/mol. The fraction of sp³-hybridized carbons (Fsp3) is 0.281. The van der Waals surface area contributed by atoms with Crippen molar-refractivity contribution >= 4 is 28.1 Å². The molecule has 0 aromatic heterocycles. The van der Waals surface area contributed by atoms with Gasteiger partial charge < -0.3 is 10.0 Å². The topological polar surface area (TPSA) is 40.5 Å². The van der Waals surface area contributed by atoms with Crippen LogP contribution in [0, 0.1) is 12.8 Å². The van der Waals surface area contributed by atoms with Crippen LogP contribution in [0.3, 0.4) is 0 Å². The highest BCUT2D eigenvalue weighted by Crippen LogP contribution is 2.38. The molecule has 3 nitrogen and oxygen atoms in total. The van der Waals surface area contributed by atoms with E-state index in [1.807, 2.05) is 19.1 Å². The van der Waals surface area contributed by atoms with E-state index in [1.54, 1.807) is 0 Å². The molecule has 0 radical (unpaired) electrons. The molecule has 1 unspecified atom stereocenters. The summed E-state index contributed by atoms with van der Waals surface area (Å²) in [4.78, 5) is 14.1. The summed E-state index contributed by atoms with van der Waals surface area (Å²) in [5, 5.41) is 12.3. The Bertz CT molecular complexity index is 1350. The van der Waals surface area contributed by atoms with Gasteiger partial charge >= 0.3 is 5.97 Å². The van der Waals surface area contributed by atoms with Gasteiger partial charge in [0.05, 0.1) is 5.56 Å². The molecular weight excluding hydrogens is 430 g/mol. The van der Waals surface area contributed by atoms with Crippen LogP contribution in [0.5, 0.6) is 0 Å².